The molecule has 0 saturated carbocycles. The van der Waals surface area contributed by atoms with Crippen LogP contribution in [0.3, 0.4) is 0 Å². The van der Waals surface area contributed by atoms with Crippen LogP contribution in [0.5, 0.6) is 0 Å². The van der Waals surface area contributed by atoms with E-state index in [9.17, 15) is 10.0 Å². The monoisotopic (exact) mass is 1510 g/mol. The van der Waals surface area contributed by atoms with E-state index in [1.54, 1.807) is 18.2 Å². The minimum Gasteiger partial charge on any atom is -0.456 e. The van der Waals surface area contributed by atoms with Gasteiger partial charge in [-0.15, -0.1) is 45.3 Å². The Morgan fingerprint density at radius 2 is 0.461 bits per heavy atom. The third-order valence-corrected chi connectivity index (χ3v) is 25.9. The van der Waals surface area contributed by atoms with Gasteiger partial charge in [-0.1, -0.05) is 202 Å². The van der Waals surface area contributed by atoms with Gasteiger partial charge in [0.05, 0.1) is 18.8 Å². The lowest BCUT2D eigenvalue weighted by molar-refractivity contribution is 0.426. The first-order valence-electron chi connectivity index (χ1n) is 33.5. The molecule has 15 aromatic carbocycles. The average Bonchev–Trinajstić information content (AvgIpc) is 1.59. The van der Waals surface area contributed by atoms with Crippen LogP contribution in [0.4, 0.5) is 0 Å². The minimum atomic E-state index is -1.48. The molecule has 0 aliphatic carbocycles. The molecule has 102 heavy (non-hydrogen) atoms. The smallest absolute Gasteiger partial charge is 0.456 e. The maximum Gasteiger partial charge on any atom is 0.488 e. The Kier molecular flexibility index (Phi) is 14.8. The van der Waals surface area contributed by atoms with E-state index in [2.05, 4.69) is 281 Å². The Morgan fingerprint density at radius 1 is 0.216 bits per heavy atom. The fraction of sp³-hybridized carbons (Fsp3) is 0. The van der Waals surface area contributed by atoms with Crippen LogP contribution in [0.15, 0.2) is 319 Å². The molecule has 0 bridgehead atoms. The van der Waals surface area contributed by atoms with E-state index in [0.29, 0.717) is 5.46 Å². The van der Waals surface area contributed by atoms with Crippen LogP contribution >= 0.6 is 77.2 Å². The largest absolute Gasteiger partial charge is 0.488 e. The van der Waals surface area contributed by atoms with Crippen molar-refractivity contribution in [1.29, 1.82) is 0 Å². The summed E-state index contributed by atoms with van der Waals surface area (Å²) in [4.78, 5) is 0. The van der Waals surface area contributed by atoms with Crippen molar-refractivity contribution in [3.63, 3.8) is 0 Å². The van der Waals surface area contributed by atoms with Crippen LogP contribution < -0.4 is 5.46 Å². The Labute approximate surface area is 616 Å². The molecule has 0 fully saturated rings. The SMILES string of the molecule is Brc1ccc2sc3c(ccc4c5cc(Br)ccc5sc43)c2c1.OB(O)c1ccc2oc3ccc(-c4ccccc4)cc3c2c1.c1ccc(-c2ccc3oc4ccc(-c5ccc6sc7c(ccc8c9cc(-c%10ccc%11oc%12ccc(-c%13ccccc%13)cc%12c%11c%10)ccc9sc87)c6c5)cc4c3c2)cc1. The van der Waals surface area contributed by atoms with Crippen LogP contribution in [0.1, 0.15) is 0 Å². The Bertz CT molecular complexity index is 6800. The van der Waals surface area contributed by atoms with Crippen molar-refractivity contribution in [2.75, 3.05) is 0 Å². The molecule has 2 N–H and O–H groups in total. The van der Waals surface area contributed by atoms with Gasteiger partial charge >= 0.3 is 7.12 Å². The maximum atomic E-state index is 9.35. The molecule has 0 aliphatic heterocycles. The van der Waals surface area contributed by atoms with E-state index in [1.165, 1.54) is 125 Å². The quantitative estimate of drug-likeness (QED) is 0.162. The van der Waals surface area contributed by atoms with Gasteiger partial charge in [-0.25, -0.2) is 0 Å². The minimum absolute atomic E-state index is 0.459. The highest BCUT2D eigenvalue weighted by Crippen LogP contribution is 2.49. The number of rotatable bonds is 6. The number of thiophene rings is 4. The van der Waals surface area contributed by atoms with Crippen molar-refractivity contribution in [2.24, 2.45) is 0 Å². The lowest BCUT2D eigenvalue weighted by Gasteiger charge is -2.04. The van der Waals surface area contributed by atoms with Gasteiger partial charge in [0.2, 0.25) is 0 Å². The summed E-state index contributed by atoms with van der Waals surface area (Å²) in [5, 5.41) is 35.8. The van der Waals surface area contributed by atoms with Crippen LogP contribution in [-0.4, -0.2) is 17.2 Å². The molecule has 12 heteroatoms. The van der Waals surface area contributed by atoms with Crippen molar-refractivity contribution >= 4 is 236 Å². The van der Waals surface area contributed by atoms with Crippen LogP contribution in [0.2, 0.25) is 0 Å². The fourth-order valence-electron chi connectivity index (χ4n) is 14.7. The molecule has 0 spiro atoms. The fourth-order valence-corrected chi connectivity index (χ4v) is 20.5. The van der Waals surface area contributed by atoms with Crippen LogP contribution in [0, 0.1) is 0 Å². The zero-order chi connectivity index (χ0) is 67.8. The summed E-state index contributed by atoms with van der Waals surface area (Å²) in [6.07, 6.45) is 0. The number of furan rings is 3. The zero-order valence-electron chi connectivity index (χ0n) is 53.9. The van der Waals surface area contributed by atoms with Gasteiger partial charge in [-0.05, 0) is 188 Å². The van der Waals surface area contributed by atoms with E-state index in [-0.39, 0.29) is 0 Å². The summed E-state index contributed by atoms with van der Waals surface area (Å²) in [7, 11) is -1.48. The Hall–Kier alpha value is -10.5. The lowest BCUT2D eigenvalue weighted by atomic mass is 9.80. The first kappa shape index (κ1) is 61.4. The third kappa shape index (κ3) is 10.6. The highest BCUT2D eigenvalue weighted by Gasteiger charge is 2.20. The van der Waals surface area contributed by atoms with E-state index >= 15 is 0 Å². The topological polar surface area (TPSA) is 79.9 Å². The molecule has 7 aromatic heterocycles. The molecule has 482 valence electrons. The molecule has 0 aliphatic rings. The summed E-state index contributed by atoms with van der Waals surface area (Å²) >= 11 is 14.8. The first-order valence-corrected chi connectivity index (χ1v) is 38.3. The van der Waals surface area contributed by atoms with Crippen molar-refractivity contribution in [2.45, 2.75) is 0 Å². The number of halogens is 2. The molecule has 0 atom stereocenters. The van der Waals surface area contributed by atoms with E-state index in [1.807, 2.05) is 75.7 Å². The average molecular weight is 1510 g/mol. The molecule has 5 nitrogen and oxygen atoms in total. The molecule has 22 rings (SSSR count). The number of benzene rings is 15. The van der Waals surface area contributed by atoms with E-state index in [4.69, 9.17) is 13.3 Å². The summed E-state index contributed by atoms with van der Waals surface area (Å²) < 4.78 is 31.5. The molecule has 0 radical (unpaired) electrons. The van der Waals surface area contributed by atoms with Gasteiger partial charge in [-0.3, -0.25) is 0 Å². The van der Waals surface area contributed by atoms with Crippen molar-refractivity contribution in [3.8, 4) is 55.6 Å². The number of hydrogen-bond acceptors (Lipinski definition) is 9. The van der Waals surface area contributed by atoms with E-state index in [0.717, 1.165) is 85.9 Å². The Morgan fingerprint density at radius 3 is 0.765 bits per heavy atom. The number of hydrogen-bond donors (Lipinski definition) is 2. The highest BCUT2D eigenvalue weighted by molar-refractivity contribution is 9.10. The second-order valence-electron chi connectivity index (χ2n) is 25.8. The summed E-state index contributed by atoms with van der Waals surface area (Å²) in [6, 6.07) is 105. The molecule has 0 unspecified atom stereocenters. The summed E-state index contributed by atoms with van der Waals surface area (Å²) in [5.41, 5.74) is 17.5. The Balaban J connectivity index is 0.000000128. The molecule has 0 amide bonds. The van der Waals surface area contributed by atoms with Crippen molar-refractivity contribution in [1.82, 2.24) is 0 Å². The highest BCUT2D eigenvalue weighted by atomic mass is 79.9. The van der Waals surface area contributed by atoms with E-state index < -0.39 is 7.12 Å². The third-order valence-electron chi connectivity index (χ3n) is 19.8. The normalized spacial score (nSPS) is 11.9. The van der Waals surface area contributed by atoms with Crippen LogP contribution in [-0.2, 0) is 0 Å². The second-order valence-corrected chi connectivity index (χ2v) is 31.9. The number of fused-ring (bicyclic) bond motifs is 23. The summed E-state index contributed by atoms with van der Waals surface area (Å²) in [6.45, 7) is 0. The van der Waals surface area contributed by atoms with Crippen molar-refractivity contribution in [3.05, 3.63) is 306 Å². The van der Waals surface area contributed by atoms with Gasteiger partial charge in [0.25, 0.3) is 0 Å². The maximum absolute atomic E-state index is 9.35. The van der Waals surface area contributed by atoms with Gasteiger partial charge in [0.15, 0.2) is 0 Å². The molecular formula is C90H51BBr2O5S4. The predicted molar refractivity (Wildman–Crippen MR) is 445 cm³/mol. The first-order chi connectivity index (χ1) is 50.1. The van der Waals surface area contributed by atoms with Gasteiger partial charge in [0, 0.05) is 103 Å². The van der Waals surface area contributed by atoms with Gasteiger partial charge < -0.3 is 23.3 Å². The molecular weight excluding hydrogens is 1460 g/mol. The second kappa shape index (κ2) is 24.7. The lowest BCUT2D eigenvalue weighted by Crippen LogP contribution is -2.29. The van der Waals surface area contributed by atoms with Crippen molar-refractivity contribution < 1.29 is 23.3 Å². The van der Waals surface area contributed by atoms with Crippen LogP contribution in [0.25, 0.3) is 202 Å². The summed E-state index contributed by atoms with van der Waals surface area (Å²) in [5.74, 6) is 0. The molecule has 22 aromatic rings. The zero-order valence-corrected chi connectivity index (χ0v) is 60.3. The molecule has 0 saturated heterocycles. The van der Waals surface area contributed by atoms with Gasteiger partial charge in [0.1, 0.15) is 33.5 Å². The molecule has 7 heterocycles. The predicted octanol–water partition coefficient (Wildman–Crippen LogP) is 27.8. The van der Waals surface area contributed by atoms with Gasteiger partial charge in [-0.2, -0.15) is 0 Å². The standard InChI is InChI=1S/C54H30O2S2.C18H13BO3.C18H8Br2S2/c1-3-7-31(8-4-1)33-11-19-47-41(25-33)43-27-35(13-21-49(43)55-47)37-15-23-51-45(29-37)39-17-18-40-46-30-38(16-24-52(46)58-54(40)53(39)57-51)36-14-22-50-44(28-36)42-26-34(12-20-48(42)56-50)32-9-5-2-6-10-32;20-19(21)14-7-9-18-16(11-14)15-10-13(6-8-17(15)22-18)12-4-2-1-3-5-12;19-9-1-5-15-13(7-9)11-3-4-12-14-8-10(20)2-6-16(14)22-18(12)17(11)21-15/h1-30H;1-11,20-21H;1-8H.